The molecule has 8 fully saturated rings. The third kappa shape index (κ3) is 10.8. The average molecular weight is 1200 g/mol. The van der Waals surface area contributed by atoms with E-state index in [1.54, 1.807) is 20.8 Å². The Bertz CT molecular complexity index is 2460. The predicted octanol–water partition coefficient (Wildman–Crippen LogP) is -2.22. The molecule has 0 unspecified atom stereocenters. The number of ether oxygens (including phenoxy) is 10. The highest BCUT2D eigenvalue weighted by Gasteiger charge is 2.80. The number of esters is 1. The molecule has 5 heterocycles. The first kappa shape index (κ1) is 64.4. The molecular formula is C54H86O27S. The first-order valence-electron chi connectivity index (χ1n) is 28.4. The Kier molecular flexibility index (Phi) is 18.2. The van der Waals surface area contributed by atoms with Crippen molar-refractivity contribution in [1.29, 1.82) is 0 Å². The van der Waals surface area contributed by atoms with Crippen LogP contribution in [0.4, 0.5) is 0 Å². The molecule has 3 saturated carbocycles. The van der Waals surface area contributed by atoms with E-state index in [1.807, 2.05) is 26.8 Å². The summed E-state index contributed by atoms with van der Waals surface area (Å²) >= 11 is 0. The molecule has 5 saturated heterocycles. The molecule has 9 rings (SSSR count). The zero-order chi connectivity index (χ0) is 60.4. The van der Waals surface area contributed by atoms with Gasteiger partial charge in [-0.25, -0.2) is 4.18 Å². The second-order valence-corrected chi connectivity index (χ2v) is 27.2. The van der Waals surface area contributed by atoms with Gasteiger partial charge in [0, 0.05) is 19.4 Å². The number of aliphatic hydroxyl groups is 11. The van der Waals surface area contributed by atoms with Gasteiger partial charge in [-0.3, -0.25) is 14.1 Å². The molecule has 0 aromatic heterocycles. The Hall–Kier alpha value is -2.05. The highest BCUT2D eigenvalue weighted by atomic mass is 32.3. The second-order valence-electron chi connectivity index (χ2n) is 26.1. The van der Waals surface area contributed by atoms with Crippen LogP contribution >= 0.6 is 0 Å². The minimum absolute atomic E-state index is 0.00485. The van der Waals surface area contributed by atoms with Gasteiger partial charge in [0.1, 0.15) is 90.9 Å². The molecule has 4 aliphatic carbocycles. The van der Waals surface area contributed by atoms with Gasteiger partial charge in [-0.1, -0.05) is 39.3 Å². The van der Waals surface area contributed by atoms with Gasteiger partial charge >= 0.3 is 16.4 Å². The Morgan fingerprint density at radius 3 is 1.89 bits per heavy atom. The third-order valence-electron chi connectivity index (χ3n) is 20.6. The molecule has 5 aliphatic heterocycles. The molecule has 82 heavy (non-hydrogen) atoms. The molecule has 9 aliphatic rings. The number of methoxy groups -OCH3 is 1. The maximum atomic E-state index is 14.5. The van der Waals surface area contributed by atoms with E-state index in [2.05, 4.69) is 6.92 Å². The fourth-order valence-corrected chi connectivity index (χ4v) is 16.7. The summed E-state index contributed by atoms with van der Waals surface area (Å²) in [6, 6.07) is 0. The molecule has 28 heteroatoms. The fourth-order valence-electron chi connectivity index (χ4n) is 16.2. The van der Waals surface area contributed by atoms with Crippen molar-refractivity contribution in [3.63, 3.8) is 0 Å². The van der Waals surface area contributed by atoms with Crippen LogP contribution < -0.4 is 0 Å². The number of allylic oxidation sites excluding steroid dienone is 1. The Morgan fingerprint density at radius 2 is 1.29 bits per heavy atom. The molecule has 0 aromatic rings. The molecule has 470 valence electrons. The van der Waals surface area contributed by atoms with Gasteiger partial charge in [0.05, 0.1) is 43.7 Å². The van der Waals surface area contributed by atoms with Gasteiger partial charge in [0.15, 0.2) is 36.5 Å². The number of carbonyl (C=O) groups is 2. The summed E-state index contributed by atoms with van der Waals surface area (Å²) < 4.78 is 97.7. The van der Waals surface area contributed by atoms with Gasteiger partial charge in [-0.05, 0) is 101 Å². The van der Waals surface area contributed by atoms with E-state index in [-0.39, 0.29) is 30.5 Å². The van der Waals surface area contributed by atoms with E-state index in [0.29, 0.717) is 38.5 Å². The van der Waals surface area contributed by atoms with Crippen LogP contribution in [0.3, 0.4) is 0 Å². The molecule has 12 N–H and O–H groups in total. The highest BCUT2D eigenvalue weighted by molar-refractivity contribution is 7.80. The number of hydrogen-bond donors (Lipinski definition) is 12. The van der Waals surface area contributed by atoms with Crippen molar-refractivity contribution < 1.29 is 130 Å². The lowest BCUT2D eigenvalue weighted by atomic mass is 9.40. The van der Waals surface area contributed by atoms with Crippen molar-refractivity contribution in [2.75, 3.05) is 26.9 Å². The smallest absolute Gasteiger partial charge is 0.397 e. The van der Waals surface area contributed by atoms with Crippen molar-refractivity contribution in [3.05, 3.63) is 11.6 Å². The zero-order valence-electron chi connectivity index (χ0n) is 47.6. The molecule has 0 amide bonds. The third-order valence-corrected chi connectivity index (χ3v) is 21.1. The lowest BCUT2D eigenvalue weighted by Gasteiger charge is -2.64. The van der Waals surface area contributed by atoms with Crippen molar-refractivity contribution in [2.24, 2.45) is 39.4 Å². The maximum absolute atomic E-state index is 14.5. The van der Waals surface area contributed by atoms with Gasteiger partial charge < -0.3 is 104 Å². The monoisotopic (exact) mass is 1200 g/mol. The van der Waals surface area contributed by atoms with Crippen LogP contribution in [0.15, 0.2) is 11.6 Å². The van der Waals surface area contributed by atoms with E-state index in [0.717, 1.165) is 5.57 Å². The van der Waals surface area contributed by atoms with E-state index >= 15 is 0 Å². The molecular weight excluding hydrogens is 1110 g/mol. The summed E-state index contributed by atoms with van der Waals surface area (Å²) in [4.78, 5) is 28.4. The number of Topliss-reactive ketones (excluding diaryl/α,β-unsaturated/α-hetero) is 1. The van der Waals surface area contributed by atoms with E-state index in [4.69, 9.17) is 51.6 Å². The fraction of sp³-hybridized carbons (Fsp3) is 0.926. The molecule has 0 bridgehead atoms. The maximum Gasteiger partial charge on any atom is 0.397 e. The van der Waals surface area contributed by atoms with Crippen LogP contribution in [0.5, 0.6) is 0 Å². The van der Waals surface area contributed by atoms with Gasteiger partial charge in [-0.2, -0.15) is 8.42 Å². The number of hydrogen-bond acceptors (Lipinski definition) is 26. The zero-order valence-corrected chi connectivity index (χ0v) is 48.4. The summed E-state index contributed by atoms with van der Waals surface area (Å²) in [6.07, 6.45) is -29.1. The van der Waals surface area contributed by atoms with Crippen LogP contribution in [0.1, 0.15) is 107 Å². The van der Waals surface area contributed by atoms with E-state index in [1.165, 1.54) is 14.0 Å². The lowest BCUT2D eigenvalue weighted by molar-refractivity contribution is -0.389. The number of cyclic esters (lactones) is 1. The Labute approximate surface area is 475 Å². The number of ketones is 1. The number of rotatable bonds is 17. The van der Waals surface area contributed by atoms with Gasteiger partial charge in [0.2, 0.25) is 0 Å². The number of carbonyl (C=O) groups excluding carboxylic acids is 2. The first-order valence-corrected chi connectivity index (χ1v) is 29.8. The number of aliphatic hydroxyl groups excluding tert-OH is 10. The average Bonchev–Trinajstić information content (AvgIpc) is 1.52. The predicted molar refractivity (Wildman–Crippen MR) is 274 cm³/mol. The van der Waals surface area contributed by atoms with Crippen molar-refractivity contribution in [1.82, 2.24) is 0 Å². The van der Waals surface area contributed by atoms with Gasteiger partial charge in [-0.15, -0.1) is 0 Å². The summed E-state index contributed by atoms with van der Waals surface area (Å²) in [5, 5.41) is 122. The largest absolute Gasteiger partial charge is 0.450 e. The summed E-state index contributed by atoms with van der Waals surface area (Å²) in [5.41, 5.74) is -5.02. The van der Waals surface area contributed by atoms with Crippen LogP contribution in [0.25, 0.3) is 0 Å². The van der Waals surface area contributed by atoms with Gasteiger partial charge in [0.25, 0.3) is 0 Å². The van der Waals surface area contributed by atoms with E-state index < -0.39 is 204 Å². The summed E-state index contributed by atoms with van der Waals surface area (Å²) in [7, 11) is -4.02. The summed E-state index contributed by atoms with van der Waals surface area (Å²) in [5.74, 6) is -1.77. The number of fused-ring (bicyclic) bond motifs is 4. The minimum atomic E-state index is -5.20. The Balaban J connectivity index is 0.908. The van der Waals surface area contributed by atoms with Crippen molar-refractivity contribution in [2.45, 2.75) is 247 Å². The van der Waals surface area contributed by atoms with Crippen molar-refractivity contribution in [3.8, 4) is 0 Å². The second kappa shape index (κ2) is 23.2. The van der Waals surface area contributed by atoms with Crippen LogP contribution in [-0.4, -0.2) is 248 Å². The highest BCUT2D eigenvalue weighted by Crippen LogP contribution is 2.76. The van der Waals surface area contributed by atoms with Crippen LogP contribution in [0.2, 0.25) is 0 Å². The van der Waals surface area contributed by atoms with Crippen molar-refractivity contribution >= 4 is 22.2 Å². The molecule has 0 radical (unpaired) electrons. The molecule has 0 aromatic carbocycles. The topological polar surface area (TPSA) is 413 Å². The quantitative estimate of drug-likeness (QED) is 0.0318. The normalized spacial score (nSPS) is 50.4. The van der Waals surface area contributed by atoms with Crippen LogP contribution in [-0.2, 0) is 71.5 Å². The van der Waals surface area contributed by atoms with E-state index in [9.17, 15) is 78.7 Å². The molecule has 27 nitrogen and oxygen atoms in total. The molecule has 28 atom stereocenters. The first-order chi connectivity index (χ1) is 38.1. The van der Waals surface area contributed by atoms with Crippen LogP contribution in [0, 0.1) is 39.4 Å². The standard InChI is InChI=1S/C54H86O27S/c1-22-40(77-46-39(65)42(34(60)26(20-56)75-46)78-45-38(64)41(71-9)33(59)25(19-55)74-45)36(62)37(63)44(73-22)79-43-35(61)27(81-82(68,69)70)21-72-47(43)76-32-14-16-51(6)24-18-31(58)54-29(53(8,80-48(54)66)30(57)13-15-49(2,3)67)12-17-52(54,7)23(24)10-11-28(51)50(32,4)5/h18,22-23,25-29,31-47,55-56,58-65,67H,10-17,19-21H2,1-9H3,(H,68,69,70)/t22-,23-,25-,26-,27-,28+,29-,31+,32+,33-,34-,35+,36+,37-,38-,39-,40-,41+,42+,43-,44+,45+,46+,47+,51-,52+,53-,54+/m1/s1. The lowest BCUT2D eigenvalue weighted by Crippen LogP contribution is -2.67. The summed E-state index contributed by atoms with van der Waals surface area (Å²) in [6.45, 7) is 12.2. The minimum Gasteiger partial charge on any atom is -0.450 e. The molecule has 1 spiro atoms. The Morgan fingerprint density at radius 1 is 0.707 bits per heavy atom. The SMILES string of the molecule is CO[C@@H]1[C@@H](O)[C@H](O[C@@H]2[C@@H](O)[C@H](O[C@H]3[C@@H](O)[C@@H](O)[C@H](O[C@H]4[C@H](O[C@H]5CC[C@]6(C)C7=C[C@H](O)[C@]89C(=O)O[C@@](C)(C(=O)CCC(C)(C)O)[C@H]8CC[C@@]9(C)[C@@H]7CC[C@H]6C5(C)C)OC[C@@H](OS(=O)(=O)O)[C@@H]4O)O[C@@H]3C)O[C@H](CO)[C@H]2O)O[C@H](CO)[C@H]1O.